The number of ether oxygens (including phenoxy) is 1. The van der Waals surface area contributed by atoms with Gasteiger partial charge in [0.05, 0.1) is 6.10 Å². The molecule has 4 heteroatoms. The van der Waals surface area contributed by atoms with E-state index in [2.05, 4.69) is 20.8 Å². The number of fused-ring (bicyclic) bond motifs is 1. The van der Waals surface area contributed by atoms with Crippen molar-refractivity contribution >= 4 is 17.8 Å². The molecule has 4 nitrogen and oxygen atoms in total. The molecular weight excluding hydrogens is 352 g/mol. The van der Waals surface area contributed by atoms with Crippen molar-refractivity contribution < 1.29 is 19.4 Å². The molecule has 0 radical (unpaired) electrons. The van der Waals surface area contributed by atoms with E-state index in [-0.39, 0.29) is 41.0 Å². The molecule has 0 aromatic heterocycles. The van der Waals surface area contributed by atoms with E-state index in [9.17, 15) is 14.7 Å². The molecule has 0 heterocycles. The topological polar surface area (TPSA) is 63.6 Å². The van der Waals surface area contributed by atoms with Crippen LogP contribution >= 0.6 is 0 Å². The Morgan fingerprint density at radius 3 is 2.57 bits per heavy atom. The summed E-state index contributed by atoms with van der Waals surface area (Å²) in [6.07, 6.45) is 4.55. The molecule has 1 aromatic rings. The first-order chi connectivity index (χ1) is 13.2. The van der Waals surface area contributed by atoms with Crippen molar-refractivity contribution in [2.75, 3.05) is 0 Å². The van der Waals surface area contributed by atoms with Gasteiger partial charge in [-0.3, -0.25) is 0 Å². The Kier molecular flexibility index (Phi) is 6.09. The van der Waals surface area contributed by atoms with Crippen LogP contribution in [0.2, 0.25) is 0 Å². The van der Waals surface area contributed by atoms with Gasteiger partial charge in [0, 0.05) is 18.4 Å². The normalized spacial score (nSPS) is 34.3. The van der Waals surface area contributed by atoms with Crippen LogP contribution in [0.25, 0.3) is 6.08 Å². The summed E-state index contributed by atoms with van der Waals surface area (Å²) in [5, 5.41) is 11.0. The van der Waals surface area contributed by atoms with E-state index in [1.54, 1.807) is 13.0 Å². The van der Waals surface area contributed by atoms with Gasteiger partial charge in [0.2, 0.25) is 0 Å². The highest BCUT2D eigenvalue weighted by Crippen LogP contribution is 2.69. The fourth-order valence-corrected chi connectivity index (χ4v) is 5.37. The van der Waals surface area contributed by atoms with E-state index in [1.807, 2.05) is 30.3 Å². The number of benzene rings is 1. The molecule has 2 aliphatic rings. The Hall–Kier alpha value is -1.94. The summed E-state index contributed by atoms with van der Waals surface area (Å²) in [6.45, 7) is 7.93. The quantitative estimate of drug-likeness (QED) is 0.563. The third kappa shape index (κ3) is 4.22. The summed E-state index contributed by atoms with van der Waals surface area (Å²) in [4.78, 5) is 23.8. The minimum atomic E-state index is -0.494. The van der Waals surface area contributed by atoms with Crippen LogP contribution in [0.15, 0.2) is 36.4 Å². The van der Waals surface area contributed by atoms with Crippen molar-refractivity contribution in [2.45, 2.75) is 59.2 Å². The van der Waals surface area contributed by atoms with Gasteiger partial charge in [-0.25, -0.2) is 4.79 Å². The van der Waals surface area contributed by atoms with Crippen LogP contribution in [0.3, 0.4) is 0 Å². The van der Waals surface area contributed by atoms with E-state index >= 15 is 0 Å². The van der Waals surface area contributed by atoms with Gasteiger partial charge < -0.3 is 14.6 Å². The second-order valence-electron chi connectivity index (χ2n) is 9.11. The number of Topliss-reactive ketones (excluding diaryl/α,β-unsaturated/α-hetero) is 1. The summed E-state index contributed by atoms with van der Waals surface area (Å²) >= 11 is 0. The molecule has 1 aromatic carbocycles. The molecule has 0 spiro atoms. The van der Waals surface area contributed by atoms with Crippen LogP contribution in [0.1, 0.15) is 52.5 Å². The molecule has 28 heavy (non-hydrogen) atoms. The number of ketones is 1. The van der Waals surface area contributed by atoms with E-state index in [1.165, 1.54) is 6.08 Å². The molecule has 2 saturated carbocycles. The van der Waals surface area contributed by atoms with Crippen molar-refractivity contribution in [3.63, 3.8) is 0 Å². The zero-order valence-electron chi connectivity index (χ0n) is 17.3. The number of aliphatic hydroxyl groups excluding tert-OH is 1. The Labute approximate surface area is 168 Å². The van der Waals surface area contributed by atoms with Gasteiger partial charge in [-0.05, 0) is 54.6 Å². The monoisotopic (exact) mass is 384 g/mol. The summed E-state index contributed by atoms with van der Waals surface area (Å²) in [5.41, 5.74) is 0.899. The maximum Gasteiger partial charge on any atom is 0.331 e. The number of carbonyl (C=O) groups is 2. The lowest BCUT2D eigenvalue weighted by Crippen LogP contribution is -2.45. The molecule has 0 bridgehead atoms. The number of esters is 1. The van der Waals surface area contributed by atoms with Crippen molar-refractivity contribution in [2.24, 2.45) is 29.1 Å². The molecule has 2 fully saturated rings. The molecule has 0 amide bonds. The third-order valence-corrected chi connectivity index (χ3v) is 6.82. The zero-order valence-corrected chi connectivity index (χ0v) is 17.3. The van der Waals surface area contributed by atoms with E-state index in [4.69, 9.17) is 4.74 Å². The van der Waals surface area contributed by atoms with Gasteiger partial charge in [-0.2, -0.15) is 0 Å². The summed E-state index contributed by atoms with van der Waals surface area (Å²) in [6, 6.07) is 9.64. The van der Waals surface area contributed by atoms with Crippen molar-refractivity contribution in [3.8, 4) is 0 Å². The molecule has 2 aliphatic carbocycles. The summed E-state index contributed by atoms with van der Waals surface area (Å²) in [7, 11) is 0. The van der Waals surface area contributed by atoms with Gasteiger partial charge in [0.15, 0.2) is 0 Å². The standard InChI is InChI=1S/C24H32O4/c1-15(2)21-19(28-20(26)13-11-17-8-6-5-7-9-17)14-24(4)18(12-10-16(3)25)22(24)23(21)27/h5-9,11,13,15,18-19,21-23,27H,10,12,14H2,1-4H3/t18-,19-,21-,22-,23+,24+/m1/s1. The summed E-state index contributed by atoms with van der Waals surface area (Å²) < 4.78 is 5.84. The highest BCUT2D eigenvalue weighted by atomic mass is 16.5. The smallest absolute Gasteiger partial charge is 0.331 e. The second-order valence-corrected chi connectivity index (χ2v) is 9.11. The first-order valence-corrected chi connectivity index (χ1v) is 10.3. The molecule has 0 saturated heterocycles. The zero-order chi connectivity index (χ0) is 20.5. The first kappa shape index (κ1) is 20.8. The number of hydrogen-bond donors (Lipinski definition) is 1. The molecule has 6 atom stereocenters. The van der Waals surface area contributed by atoms with Gasteiger partial charge in [-0.1, -0.05) is 51.1 Å². The highest BCUT2D eigenvalue weighted by molar-refractivity contribution is 5.87. The molecule has 1 N–H and O–H groups in total. The lowest BCUT2D eigenvalue weighted by molar-refractivity contribution is -0.156. The highest BCUT2D eigenvalue weighted by Gasteiger charge is 2.69. The second kappa shape index (κ2) is 8.20. The van der Waals surface area contributed by atoms with Gasteiger partial charge >= 0.3 is 5.97 Å². The Balaban J connectivity index is 1.70. The van der Waals surface area contributed by atoms with Crippen molar-refractivity contribution in [1.29, 1.82) is 0 Å². The van der Waals surface area contributed by atoms with Crippen LogP contribution in [0.4, 0.5) is 0 Å². The van der Waals surface area contributed by atoms with Crippen LogP contribution in [0, 0.1) is 29.1 Å². The van der Waals surface area contributed by atoms with E-state index in [0.29, 0.717) is 12.3 Å². The van der Waals surface area contributed by atoms with Gasteiger partial charge in [0.25, 0.3) is 0 Å². The van der Waals surface area contributed by atoms with Crippen LogP contribution in [-0.4, -0.2) is 29.1 Å². The Morgan fingerprint density at radius 2 is 1.96 bits per heavy atom. The van der Waals surface area contributed by atoms with Crippen LogP contribution in [-0.2, 0) is 14.3 Å². The average molecular weight is 385 g/mol. The Bertz CT molecular complexity index is 738. The summed E-state index contributed by atoms with van der Waals surface area (Å²) in [5.74, 6) is 0.495. The largest absolute Gasteiger partial charge is 0.459 e. The van der Waals surface area contributed by atoms with Crippen molar-refractivity contribution in [1.82, 2.24) is 0 Å². The van der Waals surface area contributed by atoms with Crippen LogP contribution in [0.5, 0.6) is 0 Å². The molecule has 0 unspecified atom stereocenters. The maximum atomic E-state index is 12.4. The molecule has 3 rings (SSSR count). The van der Waals surface area contributed by atoms with Gasteiger partial charge in [-0.15, -0.1) is 0 Å². The maximum absolute atomic E-state index is 12.4. The van der Waals surface area contributed by atoms with E-state index < -0.39 is 6.10 Å². The van der Waals surface area contributed by atoms with Crippen molar-refractivity contribution in [3.05, 3.63) is 42.0 Å². The first-order valence-electron chi connectivity index (χ1n) is 10.3. The molecule has 152 valence electrons. The number of hydrogen-bond acceptors (Lipinski definition) is 4. The molecule has 0 aliphatic heterocycles. The minimum Gasteiger partial charge on any atom is -0.459 e. The lowest BCUT2D eigenvalue weighted by Gasteiger charge is -2.39. The minimum absolute atomic E-state index is 0.0473. The SMILES string of the molecule is CC(=O)CC[C@@H]1[C@@H]2[C@@H](O)[C@H](C(C)C)[C@H](OC(=O)C=Cc3ccccc3)C[C@]21C. The van der Waals surface area contributed by atoms with Crippen LogP contribution < -0.4 is 0 Å². The molecular formula is C24H32O4. The lowest BCUT2D eigenvalue weighted by atomic mass is 9.73. The number of rotatable bonds is 7. The predicted molar refractivity (Wildman–Crippen MR) is 109 cm³/mol. The third-order valence-electron chi connectivity index (χ3n) is 6.82. The predicted octanol–water partition coefficient (Wildman–Crippen LogP) is 4.27. The fourth-order valence-electron chi connectivity index (χ4n) is 5.37. The number of aliphatic hydroxyl groups is 1. The Morgan fingerprint density at radius 1 is 1.29 bits per heavy atom. The average Bonchev–Trinajstić information content (AvgIpc) is 3.23. The fraction of sp³-hybridized carbons (Fsp3) is 0.583. The number of carbonyl (C=O) groups excluding carboxylic acids is 2. The van der Waals surface area contributed by atoms with E-state index in [0.717, 1.165) is 18.4 Å². The van der Waals surface area contributed by atoms with Gasteiger partial charge in [0.1, 0.15) is 11.9 Å².